The molecule has 1 saturated heterocycles. The molecular formula is C22H25N3OS. The highest BCUT2D eigenvalue weighted by atomic mass is 32.1. The second kappa shape index (κ2) is 6.97. The van der Waals surface area contributed by atoms with Gasteiger partial charge in [-0.1, -0.05) is 29.8 Å². The summed E-state index contributed by atoms with van der Waals surface area (Å²) in [6.45, 7) is 6.33. The van der Waals surface area contributed by atoms with Crippen LogP contribution in [0.25, 0.3) is 21.5 Å². The number of fused-ring (bicyclic) bond motifs is 1. The summed E-state index contributed by atoms with van der Waals surface area (Å²) < 4.78 is 0. The minimum absolute atomic E-state index is 0.0482. The van der Waals surface area contributed by atoms with E-state index in [4.69, 9.17) is 10.7 Å². The number of nitrogen functional groups attached to an aromatic ring is 1. The van der Waals surface area contributed by atoms with Crippen molar-refractivity contribution in [2.75, 3.05) is 5.73 Å². The summed E-state index contributed by atoms with van der Waals surface area (Å²) >= 11 is 1.41. The Morgan fingerprint density at radius 3 is 2.44 bits per heavy atom. The number of nitrogens with two attached hydrogens (primary N) is 1. The topological polar surface area (TPSA) is 59.2 Å². The molecule has 5 heteroatoms. The number of carbonyl (C=O) groups excluding carboxylic acids is 1. The van der Waals surface area contributed by atoms with Crippen LogP contribution in [0.2, 0.25) is 0 Å². The third kappa shape index (κ3) is 3.21. The lowest BCUT2D eigenvalue weighted by Crippen LogP contribution is -2.47. The summed E-state index contributed by atoms with van der Waals surface area (Å²) in [6.07, 6.45) is 3.28. The third-order valence-corrected chi connectivity index (χ3v) is 6.67. The van der Waals surface area contributed by atoms with Gasteiger partial charge in [0.05, 0.1) is 11.4 Å². The van der Waals surface area contributed by atoms with E-state index in [2.05, 4.69) is 45.0 Å². The number of aromatic nitrogens is 1. The normalized spacial score (nSPS) is 20.2. The largest absolute Gasteiger partial charge is 0.397 e. The van der Waals surface area contributed by atoms with Crippen LogP contribution in [0, 0.1) is 6.92 Å². The third-order valence-electron chi connectivity index (χ3n) is 5.56. The smallest absolute Gasteiger partial charge is 0.266 e. The predicted molar refractivity (Wildman–Crippen MR) is 113 cm³/mol. The number of anilines is 1. The number of likely N-dealkylation sites (tertiary alicyclic amines) is 1. The van der Waals surface area contributed by atoms with Gasteiger partial charge in [-0.15, -0.1) is 11.3 Å². The molecule has 1 aliphatic heterocycles. The lowest BCUT2D eigenvalue weighted by atomic mass is 9.97. The minimum atomic E-state index is 0.0482. The first-order valence-electron chi connectivity index (χ1n) is 9.54. The number of carbonyl (C=O) groups is 1. The fourth-order valence-electron chi connectivity index (χ4n) is 3.98. The number of rotatable bonds is 2. The Balaban J connectivity index is 1.73. The lowest BCUT2D eigenvalue weighted by Gasteiger charge is -2.38. The first-order valence-corrected chi connectivity index (χ1v) is 10.4. The Kier molecular flexibility index (Phi) is 4.64. The van der Waals surface area contributed by atoms with Crippen molar-refractivity contribution in [1.29, 1.82) is 0 Å². The zero-order valence-corrected chi connectivity index (χ0v) is 16.8. The molecule has 1 amide bonds. The highest BCUT2D eigenvalue weighted by molar-refractivity contribution is 7.21. The van der Waals surface area contributed by atoms with Crippen molar-refractivity contribution in [2.24, 2.45) is 0 Å². The van der Waals surface area contributed by atoms with Gasteiger partial charge >= 0.3 is 0 Å². The number of nitrogens with zero attached hydrogens (tertiary/aromatic N) is 2. The van der Waals surface area contributed by atoms with Crippen molar-refractivity contribution in [2.45, 2.75) is 52.1 Å². The van der Waals surface area contributed by atoms with E-state index in [0.29, 0.717) is 10.6 Å². The molecule has 0 unspecified atom stereocenters. The Hall–Kier alpha value is -2.40. The lowest BCUT2D eigenvalue weighted by molar-refractivity contribution is 0.0517. The van der Waals surface area contributed by atoms with Crippen LogP contribution in [-0.4, -0.2) is 27.9 Å². The number of piperidine rings is 1. The molecule has 140 valence electrons. The zero-order valence-electron chi connectivity index (χ0n) is 16.0. The van der Waals surface area contributed by atoms with Crippen molar-refractivity contribution in [1.82, 2.24) is 9.88 Å². The molecule has 4 nitrogen and oxygen atoms in total. The van der Waals surface area contributed by atoms with Crippen LogP contribution in [-0.2, 0) is 0 Å². The maximum Gasteiger partial charge on any atom is 0.266 e. The highest BCUT2D eigenvalue weighted by Crippen LogP contribution is 2.36. The quantitative estimate of drug-likeness (QED) is 0.661. The Morgan fingerprint density at radius 1 is 1.11 bits per heavy atom. The zero-order chi connectivity index (χ0) is 19.1. The highest BCUT2D eigenvalue weighted by Gasteiger charge is 2.32. The van der Waals surface area contributed by atoms with Gasteiger partial charge in [0.2, 0.25) is 0 Å². The molecule has 4 rings (SSSR count). The molecule has 3 heterocycles. The van der Waals surface area contributed by atoms with Crippen LogP contribution in [0.5, 0.6) is 0 Å². The standard InChI is InChI=1S/C22H25N3OS/c1-13-7-9-16(10-8-13)18-12-11-17-19(23)20(27-21(17)24-18)22(26)25-14(2)5-4-6-15(25)3/h7-12,14-15H,4-6,23H2,1-3H3/t14-,15-/m1/s1. The molecule has 0 saturated carbocycles. The summed E-state index contributed by atoms with van der Waals surface area (Å²) in [7, 11) is 0. The summed E-state index contributed by atoms with van der Waals surface area (Å²) in [5.74, 6) is 0.0482. The molecule has 0 radical (unpaired) electrons. The average molecular weight is 380 g/mol. The van der Waals surface area contributed by atoms with Crippen LogP contribution >= 0.6 is 11.3 Å². The number of thiophene rings is 1. The molecule has 1 aliphatic rings. The van der Waals surface area contributed by atoms with Crippen LogP contribution in [0.3, 0.4) is 0 Å². The molecule has 0 bridgehead atoms. The van der Waals surface area contributed by atoms with E-state index in [1.54, 1.807) is 0 Å². The summed E-state index contributed by atoms with van der Waals surface area (Å²) in [4.78, 5) is 21.5. The van der Waals surface area contributed by atoms with E-state index in [1.165, 1.54) is 23.3 Å². The second-order valence-corrected chi connectivity index (χ2v) is 8.60. The van der Waals surface area contributed by atoms with Crippen LogP contribution in [0.1, 0.15) is 48.3 Å². The predicted octanol–water partition coefficient (Wildman–Crippen LogP) is 5.26. The number of benzene rings is 1. The van der Waals surface area contributed by atoms with Crippen LogP contribution in [0.4, 0.5) is 5.69 Å². The van der Waals surface area contributed by atoms with Crippen molar-refractivity contribution < 1.29 is 4.79 Å². The van der Waals surface area contributed by atoms with Gasteiger partial charge in [-0.05, 0) is 52.2 Å². The van der Waals surface area contributed by atoms with E-state index < -0.39 is 0 Å². The van der Waals surface area contributed by atoms with E-state index in [1.807, 2.05) is 17.0 Å². The Bertz CT molecular complexity index is 983. The minimum Gasteiger partial charge on any atom is -0.397 e. The van der Waals surface area contributed by atoms with Gasteiger partial charge in [0, 0.05) is 23.0 Å². The number of hydrogen-bond donors (Lipinski definition) is 1. The van der Waals surface area contributed by atoms with E-state index >= 15 is 0 Å². The van der Waals surface area contributed by atoms with Crippen molar-refractivity contribution in [3.8, 4) is 11.3 Å². The molecule has 2 N–H and O–H groups in total. The molecule has 1 aromatic carbocycles. The van der Waals surface area contributed by atoms with Crippen molar-refractivity contribution in [3.05, 3.63) is 46.8 Å². The number of pyridine rings is 1. The average Bonchev–Trinajstić information content (AvgIpc) is 2.98. The van der Waals surface area contributed by atoms with Gasteiger partial charge in [-0.3, -0.25) is 4.79 Å². The van der Waals surface area contributed by atoms with Crippen LogP contribution in [0.15, 0.2) is 36.4 Å². The number of amides is 1. The first-order chi connectivity index (χ1) is 13.0. The summed E-state index contributed by atoms with van der Waals surface area (Å²) in [5.41, 5.74) is 10.1. The number of hydrogen-bond acceptors (Lipinski definition) is 4. The van der Waals surface area contributed by atoms with Crippen molar-refractivity contribution in [3.63, 3.8) is 0 Å². The van der Waals surface area contributed by atoms with Gasteiger partial charge in [-0.2, -0.15) is 0 Å². The molecule has 3 aromatic rings. The Morgan fingerprint density at radius 2 is 1.78 bits per heavy atom. The maximum atomic E-state index is 13.2. The monoisotopic (exact) mass is 379 g/mol. The van der Waals surface area contributed by atoms with Gasteiger partial charge in [0.25, 0.3) is 5.91 Å². The molecule has 1 fully saturated rings. The SMILES string of the molecule is Cc1ccc(-c2ccc3c(N)c(C(=O)N4[C@H](C)CCC[C@H]4C)sc3n2)cc1. The maximum absolute atomic E-state index is 13.2. The molecule has 0 aliphatic carbocycles. The van der Waals surface area contributed by atoms with Gasteiger partial charge < -0.3 is 10.6 Å². The first kappa shape index (κ1) is 18.0. The fourth-order valence-corrected chi connectivity index (χ4v) is 5.02. The van der Waals surface area contributed by atoms with Crippen LogP contribution < -0.4 is 5.73 Å². The second-order valence-electron chi connectivity index (χ2n) is 7.60. The van der Waals surface area contributed by atoms with E-state index in [0.717, 1.165) is 34.3 Å². The molecule has 27 heavy (non-hydrogen) atoms. The summed E-state index contributed by atoms with van der Waals surface area (Å²) in [6, 6.07) is 12.8. The number of aryl methyl sites for hydroxylation is 1. The molecule has 0 spiro atoms. The molecule has 2 atom stereocenters. The van der Waals surface area contributed by atoms with E-state index in [9.17, 15) is 4.79 Å². The fraction of sp³-hybridized carbons (Fsp3) is 0.364. The Labute approximate surface area is 164 Å². The van der Waals surface area contributed by atoms with Crippen molar-refractivity contribution >= 4 is 33.1 Å². The van der Waals surface area contributed by atoms with Gasteiger partial charge in [-0.25, -0.2) is 4.98 Å². The molecule has 2 aromatic heterocycles. The van der Waals surface area contributed by atoms with Gasteiger partial charge in [0.15, 0.2) is 0 Å². The summed E-state index contributed by atoms with van der Waals surface area (Å²) in [5, 5.41) is 0.872. The van der Waals surface area contributed by atoms with Gasteiger partial charge in [0.1, 0.15) is 9.71 Å². The van der Waals surface area contributed by atoms with E-state index in [-0.39, 0.29) is 18.0 Å². The molecular weight excluding hydrogens is 354 g/mol.